The normalized spacial score (nSPS) is 23.8. The fraction of sp³-hybridized carbons (Fsp3) is 0.647. The Morgan fingerprint density at radius 1 is 1.10 bits per heavy atom. The Hall–Kier alpha value is -0.900. The first kappa shape index (κ1) is 15.5. The largest absolute Gasteiger partial charge is 0.391 e. The number of aliphatic hydroxyl groups is 1. The van der Waals surface area contributed by atoms with Crippen LogP contribution in [0.2, 0.25) is 0 Å². The summed E-state index contributed by atoms with van der Waals surface area (Å²) in [6.07, 6.45) is 6.51. The van der Waals surface area contributed by atoms with Crippen molar-refractivity contribution in [2.24, 2.45) is 5.73 Å². The molecule has 2 unspecified atom stereocenters. The van der Waals surface area contributed by atoms with Crippen molar-refractivity contribution in [3.8, 4) is 0 Å². The van der Waals surface area contributed by atoms with Crippen LogP contribution in [0.5, 0.6) is 0 Å². The van der Waals surface area contributed by atoms with E-state index in [0.717, 1.165) is 38.8 Å². The third kappa shape index (κ3) is 4.58. The van der Waals surface area contributed by atoms with Gasteiger partial charge in [-0.2, -0.15) is 0 Å². The van der Waals surface area contributed by atoms with Crippen molar-refractivity contribution in [3.63, 3.8) is 0 Å². The highest BCUT2D eigenvalue weighted by Crippen LogP contribution is 2.24. The van der Waals surface area contributed by atoms with Crippen LogP contribution in [0.4, 0.5) is 0 Å². The third-order valence-electron chi connectivity index (χ3n) is 4.29. The van der Waals surface area contributed by atoms with Gasteiger partial charge in [0.05, 0.1) is 6.10 Å². The van der Waals surface area contributed by atoms with Crippen LogP contribution in [-0.2, 0) is 6.54 Å². The van der Waals surface area contributed by atoms with Crippen molar-refractivity contribution in [1.82, 2.24) is 4.90 Å². The smallest absolute Gasteiger partial charge is 0.0695 e. The van der Waals surface area contributed by atoms with Crippen LogP contribution in [0, 0.1) is 0 Å². The molecule has 0 heterocycles. The molecule has 0 saturated heterocycles. The molecule has 3 N–H and O–H groups in total. The Kier molecular flexibility index (Phi) is 6.51. The Morgan fingerprint density at radius 3 is 2.60 bits per heavy atom. The Morgan fingerprint density at radius 2 is 1.85 bits per heavy atom. The van der Waals surface area contributed by atoms with E-state index in [1.165, 1.54) is 18.4 Å². The molecule has 0 radical (unpaired) electrons. The van der Waals surface area contributed by atoms with Crippen LogP contribution >= 0.6 is 0 Å². The molecule has 1 aliphatic rings. The predicted octanol–water partition coefficient (Wildman–Crippen LogP) is 2.53. The van der Waals surface area contributed by atoms with Gasteiger partial charge in [-0.15, -0.1) is 0 Å². The molecule has 0 spiro atoms. The van der Waals surface area contributed by atoms with E-state index in [1.807, 2.05) is 6.07 Å². The molecule has 3 nitrogen and oxygen atoms in total. The van der Waals surface area contributed by atoms with Crippen LogP contribution in [0.25, 0.3) is 0 Å². The minimum absolute atomic E-state index is 0.181. The average molecular weight is 276 g/mol. The molecule has 112 valence electrons. The summed E-state index contributed by atoms with van der Waals surface area (Å²) in [4.78, 5) is 2.44. The highest BCUT2D eigenvalue weighted by atomic mass is 16.3. The average Bonchev–Trinajstić information content (AvgIpc) is 2.69. The summed E-state index contributed by atoms with van der Waals surface area (Å²) in [6, 6.07) is 10.8. The molecular formula is C17H28N2O. The lowest BCUT2D eigenvalue weighted by molar-refractivity contribution is 0.0391. The molecule has 2 atom stereocenters. The highest BCUT2D eigenvalue weighted by Gasteiger charge is 2.27. The number of rotatable bonds is 6. The lowest BCUT2D eigenvalue weighted by Crippen LogP contribution is -2.43. The standard InChI is InChI=1S/C17H28N2O/c18-12-7-13-19(14-15-8-3-1-4-9-15)16-10-5-2-6-11-17(16)20/h1,3-4,8-9,16-17,20H,2,5-7,10-14,18H2. The Labute approximate surface area is 122 Å². The van der Waals surface area contributed by atoms with Gasteiger partial charge in [0.15, 0.2) is 0 Å². The summed E-state index contributed by atoms with van der Waals surface area (Å²) in [7, 11) is 0. The van der Waals surface area contributed by atoms with Gasteiger partial charge in [-0.25, -0.2) is 0 Å². The van der Waals surface area contributed by atoms with Gasteiger partial charge in [-0.05, 0) is 31.4 Å². The van der Waals surface area contributed by atoms with Crippen molar-refractivity contribution >= 4 is 0 Å². The zero-order valence-corrected chi connectivity index (χ0v) is 12.4. The number of hydrogen-bond donors (Lipinski definition) is 2. The van der Waals surface area contributed by atoms with Crippen molar-refractivity contribution in [3.05, 3.63) is 35.9 Å². The predicted molar refractivity (Wildman–Crippen MR) is 83.4 cm³/mol. The molecule has 1 aliphatic carbocycles. The van der Waals surface area contributed by atoms with E-state index < -0.39 is 0 Å². The molecule has 0 amide bonds. The van der Waals surface area contributed by atoms with Crippen molar-refractivity contribution in [2.45, 2.75) is 57.2 Å². The molecule has 2 rings (SSSR count). The second-order valence-corrected chi connectivity index (χ2v) is 5.87. The van der Waals surface area contributed by atoms with Gasteiger partial charge in [0.2, 0.25) is 0 Å². The quantitative estimate of drug-likeness (QED) is 0.785. The second-order valence-electron chi connectivity index (χ2n) is 5.87. The summed E-state index contributed by atoms with van der Waals surface area (Å²) in [5, 5.41) is 10.4. The van der Waals surface area contributed by atoms with Gasteiger partial charge in [0.25, 0.3) is 0 Å². The van der Waals surface area contributed by atoms with Crippen molar-refractivity contribution in [1.29, 1.82) is 0 Å². The van der Waals surface area contributed by atoms with Gasteiger partial charge >= 0.3 is 0 Å². The Balaban J connectivity index is 2.04. The fourth-order valence-corrected chi connectivity index (χ4v) is 3.17. The van der Waals surface area contributed by atoms with Gasteiger partial charge in [-0.1, -0.05) is 49.6 Å². The van der Waals surface area contributed by atoms with Crippen molar-refractivity contribution in [2.75, 3.05) is 13.1 Å². The zero-order valence-electron chi connectivity index (χ0n) is 12.4. The minimum atomic E-state index is -0.181. The summed E-state index contributed by atoms with van der Waals surface area (Å²) in [6.45, 7) is 2.61. The molecule has 3 heteroatoms. The van der Waals surface area contributed by atoms with E-state index in [4.69, 9.17) is 5.73 Å². The van der Waals surface area contributed by atoms with E-state index in [2.05, 4.69) is 29.2 Å². The lowest BCUT2D eigenvalue weighted by atomic mass is 10.0. The van der Waals surface area contributed by atoms with E-state index >= 15 is 0 Å². The number of nitrogens with two attached hydrogens (primary N) is 1. The second kappa shape index (κ2) is 8.40. The first-order chi connectivity index (χ1) is 9.81. The minimum Gasteiger partial charge on any atom is -0.391 e. The summed E-state index contributed by atoms with van der Waals surface area (Å²) in [5.74, 6) is 0. The van der Waals surface area contributed by atoms with Gasteiger partial charge in [0.1, 0.15) is 0 Å². The molecule has 1 aromatic carbocycles. The molecule has 0 aliphatic heterocycles. The van der Waals surface area contributed by atoms with Crippen LogP contribution in [0.15, 0.2) is 30.3 Å². The van der Waals surface area contributed by atoms with Crippen LogP contribution < -0.4 is 5.73 Å². The first-order valence-electron chi connectivity index (χ1n) is 7.97. The van der Waals surface area contributed by atoms with Gasteiger partial charge in [0, 0.05) is 19.1 Å². The molecule has 1 aromatic rings. The number of benzene rings is 1. The van der Waals surface area contributed by atoms with E-state index in [-0.39, 0.29) is 6.10 Å². The highest BCUT2D eigenvalue weighted by molar-refractivity contribution is 5.14. The molecule has 1 saturated carbocycles. The summed E-state index contributed by atoms with van der Waals surface area (Å²) < 4.78 is 0. The maximum Gasteiger partial charge on any atom is 0.0695 e. The summed E-state index contributed by atoms with van der Waals surface area (Å²) in [5.41, 5.74) is 7.00. The first-order valence-corrected chi connectivity index (χ1v) is 7.97. The molecule has 0 bridgehead atoms. The Bertz CT molecular complexity index is 369. The topological polar surface area (TPSA) is 49.5 Å². The fourth-order valence-electron chi connectivity index (χ4n) is 3.17. The maximum absolute atomic E-state index is 10.4. The molecule has 20 heavy (non-hydrogen) atoms. The van der Waals surface area contributed by atoms with Crippen LogP contribution in [0.3, 0.4) is 0 Å². The van der Waals surface area contributed by atoms with E-state index in [0.29, 0.717) is 12.6 Å². The molecule has 0 aromatic heterocycles. The van der Waals surface area contributed by atoms with Crippen LogP contribution in [-0.4, -0.2) is 35.2 Å². The monoisotopic (exact) mass is 276 g/mol. The molecule has 1 fully saturated rings. The third-order valence-corrected chi connectivity index (χ3v) is 4.29. The zero-order chi connectivity index (χ0) is 14.2. The number of hydrogen-bond acceptors (Lipinski definition) is 3. The lowest BCUT2D eigenvalue weighted by Gasteiger charge is -2.34. The SMILES string of the molecule is NCCCN(Cc1ccccc1)C1CCCCCC1O. The maximum atomic E-state index is 10.4. The number of nitrogens with zero attached hydrogens (tertiary/aromatic N) is 1. The summed E-state index contributed by atoms with van der Waals surface area (Å²) >= 11 is 0. The van der Waals surface area contributed by atoms with E-state index in [1.54, 1.807) is 0 Å². The number of aliphatic hydroxyl groups excluding tert-OH is 1. The molecular weight excluding hydrogens is 248 g/mol. The van der Waals surface area contributed by atoms with E-state index in [9.17, 15) is 5.11 Å². The van der Waals surface area contributed by atoms with Gasteiger partial charge in [-0.3, -0.25) is 4.90 Å². The van der Waals surface area contributed by atoms with Gasteiger partial charge < -0.3 is 10.8 Å². The van der Waals surface area contributed by atoms with Crippen LogP contribution in [0.1, 0.15) is 44.1 Å². The van der Waals surface area contributed by atoms with Crippen molar-refractivity contribution < 1.29 is 5.11 Å².